The van der Waals surface area contributed by atoms with Crippen molar-refractivity contribution in [1.82, 2.24) is 0 Å². The van der Waals surface area contributed by atoms with Gasteiger partial charge in [0.1, 0.15) is 0 Å². The van der Waals surface area contributed by atoms with Crippen molar-refractivity contribution in [2.24, 2.45) is 0 Å². The van der Waals surface area contributed by atoms with E-state index in [0.29, 0.717) is 0 Å². The van der Waals surface area contributed by atoms with Crippen LogP contribution in [0.1, 0.15) is 11.1 Å². The fourth-order valence-corrected chi connectivity index (χ4v) is 1.26. The van der Waals surface area contributed by atoms with Gasteiger partial charge in [0.25, 0.3) is 0 Å². The first kappa shape index (κ1) is 10.5. The molecule has 0 spiro atoms. The molecule has 72 valence electrons. The minimum Gasteiger partial charge on any atom is -0.0991 e. The first-order valence-corrected chi connectivity index (χ1v) is 4.82. The van der Waals surface area contributed by atoms with Gasteiger partial charge in [-0.25, -0.2) is 0 Å². The summed E-state index contributed by atoms with van der Waals surface area (Å²) in [5.41, 5.74) is 2.67. The molecule has 0 aliphatic carbocycles. The van der Waals surface area contributed by atoms with Gasteiger partial charge < -0.3 is 0 Å². The molecule has 0 saturated heterocycles. The van der Waals surface area contributed by atoms with Gasteiger partial charge in [0.15, 0.2) is 0 Å². The lowest BCUT2D eigenvalue weighted by atomic mass is 10.1. The molecule has 14 heavy (non-hydrogen) atoms. The van der Waals surface area contributed by atoms with Gasteiger partial charge in [-0.05, 0) is 18.9 Å². The van der Waals surface area contributed by atoms with Crippen molar-refractivity contribution in [2.45, 2.75) is 13.3 Å². The molecule has 0 fully saturated rings. The molecule has 0 aliphatic heterocycles. The molecule has 0 nitrogen and oxygen atoms in total. The first-order valence-electron chi connectivity index (χ1n) is 4.82. The summed E-state index contributed by atoms with van der Waals surface area (Å²) in [6.45, 7) is 5.72. The highest BCUT2D eigenvalue weighted by Gasteiger charge is 1.88. The summed E-state index contributed by atoms with van der Waals surface area (Å²) in [5, 5.41) is 0. The minimum absolute atomic E-state index is 0.989. The van der Waals surface area contributed by atoms with Gasteiger partial charge in [-0.2, -0.15) is 0 Å². The molecule has 1 aromatic carbocycles. The van der Waals surface area contributed by atoms with Crippen LogP contribution in [0.15, 0.2) is 61.2 Å². The third-order valence-corrected chi connectivity index (χ3v) is 1.93. The first-order chi connectivity index (χ1) is 6.83. The molecule has 0 amide bonds. The molecule has 0 heteroatoms. The summed E-state index contributed by atoms with van der Waals surface area (Å²) < 4.78 is 0. The van der Waals surface area contributed by atoms with Gasteiger partial charge >= 0.3 is 0 Å². The second-order valence-corrected chi connectivity index (χ2v) is 3.24. The monoisotopic (exact) mass is 184 g/mol. The fraction of sp³-hybridized carbons (Fsp3) is 0.143. The van der Waals surface area contributed by atoms with Gasteiger partial charge in [-0.15, -0.1) is 0 Å². The molecule has 0 saturated carbocycles. The SMILES string of the molecule is C=C/C=C\C=C/Cc1cccc(C)c1. The van der Waals surface area contributed by atoms with E-state index in [4.69, 9.17) is 0 Å². The highest BCUT2D eigenvalue weighted by atomic mass is 13.9. The Morgan fingerprint density at radius 3 is 2.79 bits per heavy atom. The van der Waals surface area contributed by atoms with Gasteiger partial charge in [0.2, 0.25) is 0 Å². The van der Waals surface area contributed by atoms with Crippen LogP contribution in [0.2, 0.25) is 0 Å². The van der Waals surface area contributed by atoms with E-state index in [9.17, 15) is 0 Å². The Balaban J connectivity index is 2.49. The number of hydrogen-bond donors (Lipinski definition) is 0. The second-order valence-electron chi connectivity index (χ2n) is 3.24. The van der Waals surface area contributed by atoms with Crippen LogP contribution in [0.25, 0.3) is 0 Å². The lowest BCUT2D eigenvalue weighted by molar-refractivity contribution is 1.25. The zero-order valence-electron chi connectivity index (χ0n) is 8.61. The summed E-state index contributed by atoms with van der Waals surface area (Å²) in [6.07, 6.45) is 10.9. The standard InChI is InChI=1S/C14H16/c1-3-4-5-6-7-10-14-11-8-9-13(2)12-14/h3-9,11-12H,1,10H2,2H3/b5-4-,7-6-. The quantitative estimate of drug-likeness (QED) is 0.624. The Morgan fingerprint density at radius 2 is 2.07 bits per heavy atom. The van der Waals surface area contributed by atoms with E-state index in [-0.39, 0.29) is 0 Å². The molecule has 1 rings (SSSR count). The summed E-state index contributed by atoms with van der Waals surface area (Å²) in [4.78, 5) is 0. The molecule has 0 bridgehead atoms. The van der Waals surface area contributed by atoms with Crippen molar-refractivity contribution in [3.8, 4) is 0 Å². The summed E-state index contributed by atoms with van der Waals surface area (Å²) >= 11 is 0. The third kappa shape index (κ3) is 3.90. The summed E-state index contributed by atoms with van der Waals surface area (Å²) in [5.74, 6) is 0. The average Bonchev–Trinajstić information content (AvgIpc) is 2.18. The maximum absolute atomic E-state index is 3.61. The molecule has 0 heterocycles. The third-order valence-electron chi connectivity index (χ3n) is 1.93. The molecule has 0 aromatic heterocycles. The van der Waals surface area contributed by atoms with Crippen molar-refractivity contribution in [3.63, 3.8) is 0 Å². The molecular weight excluding hydrogens is 168 g/mol. The normalized spacial score (nSPS) is 11.2. The Hall–Kier alpha value is -1.56. The second kappa shape index (κ2) is 5.98. The Kier molecular flexibility index (Phi) is 4.49. The van der Waals surface area contributed by atoms with Crippen molar-refractivity contribution in [3.05, 3.63) is 72.4 Å². The fourth-order valence-electron chi connectivity index (χ4n) is 1.26. The lowest BCUT2D eigenvalue weighted by Gasteiger charge is -1.96. The predicted octanol–water partition coefficient (Wildman–Crippen LogP) is 3.84. The zero-order valence-corrected chi connectivity index (χ0v) is 8.61. The van der Waals surface area contributed by atoms with Crippen LogP contribution in [0.4, 0.5) is 0 Å². The van der Waals surface area contributed by atoms with E-state index in [1.54, 1.807) is 6.08 Å². The number of aryl methyl sites for hydroxylation is 1. The Morgan fingerprint density at radius 1 is 1.21 bits per heavy atom. The van der Waals surface area contributed by atoms with E-state index in [1.165, 1.54) is 11.1 Å². The van der Waals surface area contributed by atoms with E-state index >= 15 is 0 Å². The Labute approximate surface area is 86.3 Å². The molecular formula is C14H16. The summed E-state index contributed by atoms with van der Waals surface area (Å²) in [6, 6.07) is 8.57. The van der Waals surface area contributed by atoms with Crippen LogP contribution in [-0.4, -0.2) is 0 Å². The van der Waals surface area contributed by atoms with Crippen molar-refractivity contribution in [1.29, 1.82) is 0 Å². The van der Waals surface area contributed by atoms with Gasteiger partial charge in [0.05, 0.1) is 0 Å². The molecule has 0 atom stereocenters. The van der Waals surface area contributed by atoms with E-state index in [2.05, 4.69) is 43.8 Å². The van der Waals surface area contributed by atoms with Crippen LogP contribution in [0.3, 0.4) is 0 Å². The van der Waals surface area contributed by atoms with Crippen molar-refractivity contribution in [2.75, 3.05) is 0 Å². The molecule has 0 N–H and O–H groups in total. The average molecular weight is 184 g/mol. The largest absolute Gasteiger partial charge is 0.0991 e. The van der Waals surface area contributed by atoms with E-state index in [1.807, 2.05) is 18.2 Å². The zero-order chi connectivity index (χ0) is 10.2. The van der Waals surface area contributed by atoms with Crippen LogP contribution >= 0.6 is 0 Å². The van der Waals surface area contributed by atoms with Crippen LogP contribution in [-0.2, 0) is 6.42 Å². The van der Waals surface area contributed by atoms with Crippen LogP contribution in [0, 0.1) is 6.92 Å². The Bertz CT molecular complexity index is 343. The highest BCUT2D eigenvalue weighted by Crippen LogP contribution is 2.04. The maximum Gasteiger partial charge on any atom is -0.00942 e. The van der Waals surface area contributed by atoms with Gasteiger partial charge in [-0.3, -0.25) is 0 Å². The highest BCUT2D eigenvalue weighted by molar-refractivity contribution is 5.24. The van der Waals surface area contributed by atoms with E-state index < -0.39 is 0 Å². The van der Waals surface area contributed by atoms with Gasteiger partial charge in [-0.1, -0.05) is 66.8 Å². The lowest BCUT2D eigenvalue weighted by Crippen LogP contribution is -1.81. The number of allylic oxidation sites excluding steroid dienone is 5. The molecule has 0 radical (unpaired) electrons. The molecule has 1 aromatic rings. The number of rotatable bonds is 4. The smallest absolute Gasteiger partial charge is 0.00942 e. The van der Waals surface area contributed by atoms with Gasteiger partial charge in [0, 0.05) is 0 Å². The number of benzene rings is 1. The van der Waals surface area contributed by atoms with Crippen molar-refractivity contribution >= 4 is 0 Å². The van der Waals surface area contributed by atoms with E-state index in [0.717, 1.165) is 6.42 Å². The predicted molar refractivity (Wildman–Crippen MR) is 63.4 cm³/mol. The van der Waals surface area contributed by atoms with Crippen LogP contribution < -0.4 is 0 Å². The minimum atomic E-state index is 0.989. The maximum atomic E-state index is 3.61. The molecule has 0 unspecified atom stereocenters. The van der Waals surface area contributed by atoms with Crippen molar-refractivity contribution < 1.29 is 0 Å². The number of hydrogen-bond acceptors (Lipinski definition) is 0. The molecule has 0 aliphatic rings. The van der Waals surface area contributed by atoms with Crippen LogP contribution in [0.5, 0.6) is 0 Å². The topological polar surface area (TPSA) is 0 Å². The summed E-state index contributed by atoms with van der Waals surface area (Å²) in [7, 11) is 0.